The molecule has 0 N–H and O–H groups in total. The molecule has 2 aliphatic carbocycles. The number of fused-ring (bicyclic) bond motifs is 2. The van der Waals surface area contributed by atoms with Crippen LogP contribution in [0.15, 0.2) is 60.7 Å². The minimum absolute atomic E-state index is 0.371. The number of unbranched alkanes of at least 4 members (excludes halogenated alkanes) is 2. The molecule has 2 unspecified atom stereocenters. The topological polar surface area (TPSA) is 0 Å². The molecule has 0 bridgehead atoms. The quantitative estimate of drug-likeness (QED) is 0.308. The van der Waals surface area contributed by atoms with Gasteiger partial charge in [0.25, 0.3) is 0 Å². The third kappa shape index (κ3) is 7.05. The SMILES string of the molecule is CC[CH-]CCC1C=Cc2ccccc21.[CH2-]C1C=Cc2ccccc21.[Cl][Zr+2][Cl]. The molecule has 0 aromatic heterocycles. The predicted molar refractivity (Wildman–Crippen MR) is 117 cm³/mol. The van der Waals surface area contributed by atoms with Crippen LogP contribution in [0, 0.1) is 13.3 Å². The summed E-state index contributed by atoms with van der Waals surface area (Å²) in [7, 11) is 9.87. The molecule has 2 aromatic rings. The van der Waals surface area contributed by atoms with Crippen LogP contribution in [0.2, 0.25) is 0 Å². The number of halogens is 2. The van der Waals surface area contributed by atoms with E-state index >= 15 is 0 Å². The van der Waals surface area contributed by atoms with Crippen molar-refractivity contribution in [3.8, 4) is 0 Å². The van der Waals surface area contributed by atoms with Crippen LogP contribution in [0.4, 0.5) is 0 Å². The second kappa shape index (κ2) is 12.8. The molecule has 3 heteroatoms. The van der Waals surface area contributed by atoms with Crippen molar-refractivity contribution >= 4 is 29.2 Å². The molecule has 0 saturated carbocycles. The summed E-state index contributed by atoms with van der Waals surface area (Å²) < 4.78 is 0. The average Bonchev–Trinajstić information content (AvgIpc) is 3.28. The molecule has 0 radical (unpaired) electrons. The standard InChI is InChI=1S/C14H17.C10H9.2ClH.Zr/c1-2-3-4-7-12-10-11-13-8-5-6-9-14(12)13;1-8-6-7-9-4-2-3-5-10(8)9;;;/h3,5-6,8-12H,2,4,7H2,1H3;2-8H,1H2;2*1H;/q2*-1;;;+4/p-2. The maximum atomic E-state index is 4.93. The van der Waals surface area contributed by atoms with E-state index in [1.807, 2.05) is 0 Å². The van der Waals surface area contributed by atoms with Crippen molar-refractivity contribution in [3.63, 3.8) is 0 Å². The van der Waals surface area contributed by atoms with Crippen molar-refractivity contribution in [1.82, 2.24) is 0 Å². The predicted octanol–water partition coefficient (Wildman–Crippen LogP) is 8.20. The Balaban J connectivity index is 0.000000176. The van der Waals surface area contributed by atoms with E-state index in [1.54, 1.807) is 0 Å². The first-order valence-electron chi connectivity index (χ1n) is 9.36. The summed E-state index contributed by atoms with van der Waals surface area (Å²) in [5.74, 6) is 1.03. The second-order valence-corrected chi connectivity index (χ2v) is 10.3. The number of allylic oxidation sites excluding steroid dienone is 2. The van der Waals surface area contributed by atoms with Gasteiger partial charge in [-0.2, -0.15) is 12.8 Å². The Hall–Kier alpha value is -0.617. The van der Waals surface area contributed by atoms with Gasteiger partial charge >= 0.3 is 37.9 Å². The van der Waals surface area contributed by atoms with Crippen LogP contribution >= 0.6 is 17.0 Å². The van der Waals surface area contributed by atoms with Gasteiger partial charge < -0.3 is 13.3 Å². The van der Waals surface area contributed by atoms with Crippen molar-refractivity contribution in [2.24, 2.45) is 0 Å². The molecule has 140 valence electrons. The van der Waals surface area contributed by atoms with Crippen LogP contribution in [0.3, 0.4) is 0 Å². The molecule has 4 rings (SSSR count). The molecule has 2 atom stereocenters. The molecule has 2 aliphatic rings. The summed E-state index contributed by atoms with van der Waals surface area (Å²) in [6.45, 7) is 6.20. The van der Waals surface area contributed by atoms with E-state index in [9.17, 15) is 0 Å². The van der Waals surface area contributed by atoms with E-state index in [-0.39, 0.29) is 0 Å². The van der Waals surface area contributed by atoms with E-state index in [0.717, 1.165) is 0 Å². The van der Waals surface area contributed by atoms with E-state index in [0.29, 0.717) is 11.8 Å². The van der Waals surface area contributed by atoms with Crippen molar-refractivity contribution in [3.05, 3.63) is 96.3 Å². The van der Waals surface area contributed by atoms with Gasteiger partial charge in [0.2, 0.25) is 0 Å². The summed E-state index contributed by atoms with van der Waals surface area (Å²) in [6, 6.07) is 17.1. The maximum absolute atomic E-state index is 4.93. The first-order valence-corrected chi connectivity index (χ1v) is 15.7. The van der Waals surface area contributed by atoms with Crippen LogP contribution in [0.25, 0.3) is 12.2 Å². The van der Waals surface area contributed by atoms with Gasteiger partial charge in [0.1, 0.15) is 0 Å². The number of hydrogen-bond donors (Lipinski definition) is 0. The van der Waals surface area contributed by atoms with Crippen LogP contribution in [0.1, 0.15) is 60.3 Å². The molecule has 0 saturated heterocycles. The molecule has 0 heterocycles. The van der Waals surface area contributed by atoms with Crippen molar-refractivity contribution in [1.29, 1.82) is 0 Å². The van der Waals surface area contributed by atoms with Crippen LogP contribution in [-0.2, 0) is 20.8 Å². The van der Waals surface area contributed by atoms with E-state index in [1.165, 1.54) is 41.5 Å². The summed E-state index contributed by atoms with van der Waals surface area (Å²) >= 11 is -0.826. The van der Waals surface area contributed by atoms with Crippen molar-refractivity contribution < 1.29 is 20.8 Å². The fourth-order valence-corrected chi connectivity index (χ4v) is 3.40. The Morgan fingerprint density at radius 3 is 2.11 bits per heavy atom. The van der Waals surface area contributed by atoms with Crippen LogP contribution in [-0.4, -0.2) is 0 Å². The van der Waals surface area contributed by atoms with E-state index < -0.39 is 20.8 Å². The Bertz CT molecular complexity index is 752. The molecule has 0 nitrogen and oxygen atoms in total. The summed E-state index contributed by atoms with van der Waals surface area (Å²) in [5.41, 5.74) is 5.59. The first-order chi connectivity index (χ1) is 13.2. The molecule has 0 amide bonds. The van der Waals surface area contributed by atoms with Crippen LogP contribution in [0.5, 0.6) is 0 Å². The molecule has 0 spiro atoms. The number of hydrogen-bond acceptors (Lipinski definition) is 0. The van der Waals surface area contributed by atoms with Gasteiger partial charge in [-0.3, -0.25) is 0 Å². The third-order valence-electron chi connectivity index (χ3n) is 4.78. The Morgan fingerprint density at radius 1 is 0.926 bits per heavy atom. The summed E-state index contributed by atoms with van der Waals surface area (Å²) in [4.78, 5) is 0. The molecule has 2 aromatic carbocycles. The first kappa shape index (κ1) is 22.7. The second-order valence-electron chi connectivity index (χ2n) is 6.53. The fraction of sp³-hybridized carbons (Fsp3) is 0.250. The monoisotopic (exact) mass is 474 g/mol. The van der Waals surface area contributed by atoms with E-state index in [2.05, 4.69) is 93.1 Å². The molecule has 27 heavy (non-hydrogen) atoms. The van der Waals surface area contributed by atoms with Gasteiger partial charge in [-0.1, -0.05) is 85.7 Å². The zero-order chi connectivity index (χ0) is 19.5. The van der Waals surface area contributed by atoms with Gasteiger partial charge in [0.15, 0.2) is 0 Å². The van der Waals surface area contributed by atoms with Gasteiger partial charge in [-0.25, -0.2) is 0 Å². The summed E-state index contributed by atoms with van der Waals surface area (Å²) in [5, 5.41) is 0. The average molecular weight is 477 g/mol. The molecular weight excluding hydrogens is 450 g/mol. The Kier molecular flexibility index (Phi) is 10.7. The van der Waals surface area contributed by atoms with Gasteiger partial charge in [0, 0.05) is 5.92 Å². The minimum atomic E-state index is -0.826. The summed E-state index contributed by atoms with van der Waals surface area (Å²) in [6.07, 6.45) is 14.9. The van der Waals surface area contributed by atoms with Gasteiger partial charge in [-0.05, 0) is 16.7 Å². The molecular formula is C24H26Cl2Zr. The van der Waals surface area contributed by atoms with Crippen LogP contribution < -0.4 is 0 Å². The zero-order valence-electron chi connectivity index (χ0n) is 15.7. The van der Waals surface area contributed by atoms with E-state index in [4.69, 9.17) is 17.0 Å². The molecule has 0 fully saturated rings. The Labute approximate surface area is 183 Å². The van der Waals surface area contributed by atoms with Crippen molar-refractivity contribution in [2.45, 2.75) is 38.0 Å². The normalized spacial score (nSPS) is 17.8. The van der Waals surface area contributed by atoms with Gasteiger partial charge in [-0.15, -0.1) is 12.0 Å². The fourth-order valence-electron chi connectivity index (χ4n) is 3.40. The zero-order valence-corrected chi connectivity index (χ0v) is 19.7. The third-order valence-corrected chi connectivity index (χ3v) is 4.78. The number of benzene rings is 2. The molecule has 0 aliphatic heterocycles. The van der Waals surface area contributed by atoms with Crippen molar-refractivity contribution in [2.75, 3.05) is 0 Å². The Morgan fingerprint density at radius 2 is 1.48 bits per heavy atom. The number of rotatable bonds is 4. The van der Waals surface area contributed by atoms with Gasteiger partial charge in [0.05, 0.1) is 0 Å².